The Kier molecular flexibility index (Phi) is 15.8. The van der Waals surface area contributed by atoms with Crippen LogP contribution in [0.1, 0.15) is 153 Å². The van der Waals surface area contributed by atoms with Gasteiger partial charge < -0.3 is 38.3 Å². The number of ether oxygens (including phenoxy) is 7. The van der Waals surface area contributed by atoms with Crippen molar-refractivity contribution in [2.75, 3.05) is 55.2 Å². The van der Waals surface area contributed by atoms with Crippen LogP contribution in [-0.2, 0) is 33.2 Å². The summed E-state index contributed by atoms with van der Waals surface area (Å²) in [5.74, 6) is -1.19. The summed E-state index contributed by atoms with van der Waals surface area (Å²) in [6, 6.07) is 6.78. The Bertz CT molecular complexity index is 1630. The Morgan fingerprint density at radius 1 is 0.758 bits per heavy atom. The van der Waals surface area contributed by atoms with Gasteiger partial charge in [-0.3, -0.25) is 9.69 Å². The third-order valence-electron chi connectivity index (χ3n) is 17.3. The van der Waals surface area contributed by atoms with Crippen LogP contribution in [0.2, 0.25) is 0 Å². The fourth-order valence-corrected chi connectivity index (χ4v) is 15.1. The molecule has 5 aliphatic carbocycles. The average Bonchev–Trinajstić information content (AvgIpc) is 3.66. The smallest absolute Gasteiger partial charge is 0.338 e. The van der Waals surface area contributed by atoms with Crippen molar-refractivity contribution in [3.63, 3.8) is 0 Å². The first-order valence-electron chi connectivity index (χ1n) is 24.7. The molecule has 1 N–H and O–H groups in total. The maximum atomic E-state index is 14.6. The Hall–Kier alpha value is -2.28. The number of esters is 2. The second-order valence-electron chi connectivity index (χ2n) is 20.2. The Morgan fingerprint density at radius 2 is 1.37 bits per heavy atom. The van der Waals surface area contributed by atoms with E-state index in [2.05, 4.69) is 18.7 Å². The van der Waals surface area contributed by atoms with Gasteiger partial charge in [-0.2, -0.15) is 0 Å². The third kappa shape index (κ3) is 8.17. The molecular formula is C51H81NO10. The minimum Gasteiger partial charge on any atom is -0.497 e. The highest BCUT2D eigenvalue weighted by Gasteiger charge is 2.90. The fourth-order valence-electron chi connectivity index (χ4n) is 15.1. The standard InChI is InChI=1S/C51H81NO10/c1-8-10-11-12-13-14-15-16-17-18-19-20-21-22-23-24-40(53)62-50-32-39(59-6)49(55)31-37(41(50)46(49)61-47(54)35-25-27-36(57-4)28-26-35)51-38(58-5)29-30-48(34-56-3)33-52(9-2)45(51)42(50)43(60-7)44(48)51/h25-28,37-39,41-46,55H,8-24,29-34H2,1-7H3/t37?,38-,39-,41?,42-,43-,44?,45?,46+,48-,49-,50+,51-/m0/s1. The predicted octanol–water partition coefficient (Wildman–Crippen LogP) is 8.96. The molecule has 5 saturated carbocycles. The molecular weight excluding hydrogens is 787 g/mol. The molecule has 0 radical (unpaired) electrons. The molecule has 1 aromatic carbocycles. The number of rotatable bonds is 26. The minimum absolute atomic E-state index is 0.000499. The van der Waals surface area contributed by atoms with Crippen molar-refractivity contribution in [1.82, 2.24) is 4.90 Å². The normalized spacial score (nSPS) is 37.6. The number of likely N-dealkylation sites (tertiary alicyclic amines) is 1. The number of methoxy groups -OCH3 is 5. The van der Waals surface area contributed by atoms with E-state index in [1.807, 2.05) is 7.11 Å². The molecule has 1 saturated heterocycles. The van der Waals surface area contributed by atoms with Gasteiger partial charge in [-0.25, -0.2) is 4.79 Å². The van der Waals surface area contributed by atoms with Crippen molar-refractivity contribution in [2.45, 2.75) is 184 Å². The van der Waals surface area contributed by atoms with Crippen LogP contribution in [0.4, 0.5) is 0 Å². The number of nitrogens with zero attached hydrogens (tertiary/aromatic N) is 1. The SMILES string of the molecule is CCCCCCCCCCCCCCCCCC(=O)O[C@]12C[C@H](OC)[C@@]3(O)CC(C1[C@H]3OC(=O)c1ccc(OC)cc1)[C@@]13C4[C@@H]2[C@H](OC)C1[C@@](COC)(CC[C@@H]3OC)CN4CC. The van der Waals surface area contributed by atoms with Gasteiger partial charge in [-0.15, -0.1) is 0 Å². The summed E-state index contributed by atoms with van der Waals surface area (Å²) >= 11 is 0. The second kappa shape index (κ2) is 20.5. The zero-order chi connectivity index (χ0) is 44.1. The van der Waals surface area contributed by atoms with Crippen molar-refractivity contribution < 1.29 is 47.9 Å². The van der Waals surface area contributed by atoms with E-state index in [0.29, 0.717) is 37.2 Å². The maximum absolute atomic E-state index is 14.6. The van der Waals surface area contributed by atoms with E-state index < -0.39 is 40.7 Å². The number of hydrogen-bond donors (Lipinski definition) is 1. The molecule has 1 aromatic rings. The fraction of sp³-hybridized carbons (Fsp3) is 0.843. The number of piperidine rings is 1. The molecule has 7 bridgehead atoms. The van der Waals surface area contributed by atoms with Gasteiger partial charge in [0.05, 0.1) is 37.6 Å². The van der Waals surface area contributed by atoms with Gasteiger partial charge in [0.25, 0.3) is 0 Å². The largest absolute Gasteiger partial charge is 0.497 e. The number of unbranched alkanes of at least 4 members (excludes halogenated alkanes) is 14. The molecule has 350 valence electrons. The topological polar surface area (TPSA) is 122 Å². The molecule has 4 unspecified atom stereocenters. The Labute approximate surface area is 372 Å². The van der Waals surface area contributed by atoms with Crippen molar-refractivity contribution in [1.29, 1.82) is 0 Å². The molecule has 1 aliphatic heterocycles. The van der Waals surface area contributed by atoms with E-state index in [1.165, 1.54) is 77.0 Å². The van der Waals surface area contributed by atoms with Gasteiger partial charge in [-0.05, 0) is 62.4 Å². The summed E-state index contributed by atoms with van der Waals surface area (Å²) in [6.07, 6.45) is 19.3. The van der Waals surface area contributed by atoms with Crippen LogP contribution in [0.3, 0.4) is 0 Å². The first-order chi connectivity index (χ1) is 30.1. The molecule has 0 amide bonds. The summed E-state index contributed by atoms with van der Waals surface area (Å²) in [5.41, 5.74) is -3.07. The second-order valence-corrected chi connectivity index (χ2v) is 20.2. The van der Waals surface area contributed by atoms with E-state index in [1.54, 1.807) is 52.7 Å². The van der Waals surface area contributed by atoms with E-state index >= 15 is 0 Å². The van der Waals surface area contributed by atoms with Crippen LogP contribution in [0, 0.1) is 34.5 Å². The quantitative estimate of drug-likeness (QED) is 0.0710. The number of benzene rings is 1. The van der Waals surface area contributed by atoms with Gasteiger partial charge in [0.2, 0.25) is 0 Å². The summed E-state index contributed by atoms with van der Waals surface area (Å²) in [6.45, 7) is 6.69. The summed E-state index contributed by atoms with van der Waals surface area (Å²) in [7, 11) is 8.61. The van der Waals surface area contributed by atoms with Crippen LogP contribution in [0.5, 0.6) is 5.75 Å². The summed E-state index contributed by atoms with van der Waals surface area (Å²) in [5, 5.41) is 13.2. The number of carbonyl (C=O) groups excluding carboxylic acids is 2. The number of aliphatic hydroxyl groups is 1. The highest BCUT2D eigenvalue weighted by Crippen LogP contribution is 2.80. The highest BCUT2D eigenvalue weighted by molar-refractivity contribution is 5.89. The van der Waals surface area contributed by atoms with E-state index in [-0.39, 0.29) is 47.4 Å². The van der Waals surface area contributed by atoms with Crippen molar-refractivity contribution in [2.24, 2.45) is 34.5 Å². The maximum Gasteiger partial charge on any atom is 0.338 e. The molecule has 11 heteroatoms. The lowest BCUT2D eigenvalue weighted by atomic mass is 9.43. The zero-order valence-electron chi connectivity index (χ0n) is 39.3. The van der Waals surface area contributed by atoms with Crippen LogP contribution in [-0.4, -0.2) is 119 Å². The first-order valence-corrected chi connectivity index (χ1v) is 24.7. The van der Waals surface area contributed by atoms with Crippen LogP contribution < -0.4 is 4.74 Å². The van der Waals surface area contributed by atoms with Gasteiger partial charge in [0.15, 0.2) is 0 Å². The molecule has 7 rings (SSSR count). The number of fused-ring (bicyclic) bond motifs is 2. The zero-order valence-corrected chi connectivity index (χ0v) is 39.3. The van der Waals surface area contributed by atoms with Gasteiger partial charge in [0.1, 0.15) is 23.1 Å². The van der Waals surface area contributed by atoms with E-state index in [4.69, 9.17) is 33.2 Å². The average molecular weight is 868 g/mol. The van der Waals surface area contributed by atoms with Gasteiger partial charge >= 0.3 is 11.9 Å². The molecule has 11 nitrogen and oxygen atoms in total. The number of hydrogen-bond acceptors (Lipinski definition) is 11. The number of carbonyl (C=O) groups is 2. The van der Waals surface area contributed by atoms with E-state index in [0.717, 1.165) is 45.2 Å². The van der Waals surface area contributed by atoms with Gasteiger partial charge in [0, 0.05) is 82.5 Å². The molecule has 6 fully saturated rings. The minimum atomic E-state index is -1.52. The summed E-state index contributed by atoms with van der Waals surface area (Å²) in [4.78, 5) is 31.4. The predicted molar refractivity (Wildman–Crippen MR) is 238 cm³/mol. The molecule has 1 spiro atoms. The highest BCUT2D eigenvalue weighted by atomic mass is 16.6. The van der Waals surface area contributed by atoms with E-state index in [9.17, 15) is 14.7 Å². The Morgan fingerprint density at radius 3 is 1.92 bits per heavy atom. The van der Waals surface area contributed by atoms with Crippen molar-refractivity contribution in [3.8, 4) is 5.75 Å². The first kappa shape index (κ1) is 47.7. The monoisotopic (exact) mass is 868 g/mol. The molecule has 1 heterocycles. The molecule has 62 heavy (non-hydrogen) atoms. The van der Waals surface area contributed by atoms with Crippen LogP contribution in [0.15, 0.2) is 24.3 Å². The van der Waals surface area contributed by atoms with Crippen LogP contribution in [0.25, 0.3) is 0 Å². The van der Waals surface area contributed by atoms with Gasteiger partial charge in [-0.1, -0.05) is 104 Å². The lowest BCUT2D eigenvalue weighted by molar-refractivity contribution is -0.287. The lowest BCUT2D eigenvalue weighted by Gasteiger charge is -2.69. The molecule has 0 aromatic heterocycles. The van der Waals surface area contributed by atoms with Crippen LogP contribution >= 0.6 is 0 Å². The Balaban J connectivity index is 1.14. The van der Waals surface area contributed by atoms with Crippen molar-refractivity contribution >= 4 is 11.9 Å². The summed E-state index contributed by atoms with van der Waals surface area (Å²) < 4.78 is 45.0. The third-order valence-corrected chi connectivity index (χ3v) is 17.3. The molecule has 13 atom stereocenters. The van der Waals surface area contributed by atoms with Crippen molar-refractivity contribution in [3.05, 3.63) is 29.8 Å². The molecule has 6 aliphatic rings. The lowest BCUT2D eigenvalue weighted by Crippen LogP contribution is -2.77.